The number of para-hydroxylation sites is 1. The predicted octanol–water partition coefficient (Wildman–Crippen LogP) is 3.53. The number of methoxy groups -OCH3 is 1. The van der Waals surface area contributed by atoms with Gasteiger partial charge < -0.3 is 33.6 Å². The third-order valence-corrected chi connectivity index (χ3v) is 6.75. The average Bonchev–Trinajstić information content (AvgIpc) is 3.56. The van der Waals surface area contributed by atoms with Gasteiger partial charge in [-0.05, 0) is 25.1 Å². The molecule has 2 aliphatic heterocycles. The van der Waals surface area contributed by atoms with Crippen LogP contribution in [0.25, 0.3) is 10.9 Å². The molecule has 2 aromatic carbocycles. The van der Waals surface area contributed by atoms with Crippen LogP contribution in [0.5, 0.6) is 23.0 Å². The predicted molar refractivity (Wildman–Crippen MR) is 140 cm³/mol. The highest BCUT2D eigenvalue weighted by Crippen LogP contribution is 2.41. The van der Waals surface area contributed by atoms with Crippen molar-refractivity contribution in [1.82, 2.24) is 24.4 Å². The molecule has 1 N–H and O–H groups in total. The number of hydrogen-bond donors (Lipinski definition) is 1. The third kappa shape index (κ3) is 4.90. The Morgan fingerprint density at radius 3 is 2.82 bits per heavy atom. The zero-order valence-corrected chi connectivity index (χ0v) is 21.5. The Morgan fingerprint density at radius 1 is 1.05 bits per heavy atom. The summed E-state index contributed by atoms with van der Waals surface area (Å²) in [6, 6.07) is 9.46. The van der Waals surface area contributed by atoms with E-state index in [9.17, 15) is 0 Å². The molecule has 1 saturated heterocycles. The van der Waals surface area contributed by atoms with E-state index in [0.717, 1.165) is 61.0 Å². The molecule has 0 unspecified atom stereocenters. The number of benzene rings is 2. The molecule has 0 aliphatic carbocycles. The van der Waals surface area contributed by atoms with Gasteiger partial charge in [-0.3, -0.25) is 4.90 Å². The summed E-state index contributed by atoms with van der Waals surface area (Å²) < 4.78 is 30.7. The van der Waals surface area contributed by atoms with E-state index in [0.29, 0.717) is 42.0 Å². The maximum Gasteiger partial charge on any atom is 0.231 e. The van der Waals surface area contributed by atoms with Gasteiger partial charge in [0.05, 0.1) is 44.6 Å². The van der Waals surface area contributed by atoms with Crippen LogP contribution >= 0.6 is 0 Å². The summed E-state index contributed by atoms with van der Waals surface area (Å²) in [6.45, 7) is 7.56. The molecule has 1 fully saturated rings. The van der Waals surface area contributed by atoms with Crippen LogP contribution in [0, 0.1) is 6.92 Å². The first-order valence-electron chi connectivity index (χ1n) is 12.6. The number of fused-ring (bicyclic) bond motifs is 2. The van der Waals surface area contributed by atoms with Crippen molar-refractivity contribution in [2.45, 2.75) is 20.0 Å². The van der Waals surface area contributed by atoms with Gasteiger partial charge in [-0.15, -0.1) is 0 Å². The van der Waals surface area contributed by atoms with E-state index in [1.807, 2.05) is 36.5 Å². The highest BCUT2D eigenvalue weighted by Gasteiger charge is 2.20. The van der Waals surface area contributed by atoms with Crippen LogP contribution in [0.3, 0.4) is 0 Å². The zero-order valence-electron chi connectivity index (χ0n) is 21.5. The van der Waals surface area contributed by atoms with Gasteiger partial charge in [0.15, 0.2) is 23.0 Å². The molecule has 0 saturated carbocycles. The Kier molecular flexibility index (Phi) is 6.84. The standard InChI is InChI=1S/C27H30N6O5/c1-18-14-28-25(15-32-6-9-35-10-7-32)33(18)8-11-36-24-13-21-19(12-23(24)34-2)27(30-16-29-21)31-20-4-3-5-22-26(20)38-17-37-22/h3-5,12-14,16H,6-11,15,17H2,1-2H3,(H,29,30,31). The molecule has 0 radical (unpaired) electrons. The topological polar surface area (TPSA) is 105 Å². The number of rotatable bonds is 9. The Morgan fingerprint density at radius 2 is 1.95 bits per heavy atom. The Labute approximate surface area is 220 Å². The minimum absolute atomic E-state index is 0.195. The first-order chi connectivity index (χ1) is 18.7. The smallest absolute Gasteiger partial charge is 0.231 e. The molecule has 0 bridgehead atoms. The van der Waals surface area contributed by atoms with E-state index in [1.54, 1.807) is 7.11 Å². The maximum absolute atomic E-state index is 6.20. The molecule has 198 valence electrons. The lowest BCUT2D eigenvalue weighted by molar-refractivity contribution is 0.0325. The normalized spacial score (nSPS) is 15.1. The molecule has 11 heteroatoms. The molecule has 0 atom stereocenters. The van der Waals surface area contributed by atoms with Crippen LogP contribution in [0.1, 0.15) is 11.5 Å². The van der Waals surface area contributed by atoms with Gasteiger partial charge in [0.1, 0.15) is 24.6 Å². The van der Waals surface area contributed by atoms with Crippen LogP contribution in [0.4, 0.5) is 11.5 Å². The van der Waals surface area contributed by atoms with Gasteiger partial charge in [-0.2, -0.15) is 0 Å². The van der Waals surface area contributed by atoms with Crippen LogP contribution in [0.15, 0.2) is 42.9 Å². The van der Waals surface area contributed by atoms with Gasteiger partial charge >= 0.3 is 0 Å². The third-order valence-electron chi connectivity index (χ3n) is 6.75. The molecular formula is C27H30N6O5. The summed E-state index contributed by atoms with van der Waals surface area (Å²) >= 11 is 0. The summed E-state index contributed by atoms with van der Waals surface area (Å²) in [5.41, 5.74) is 2.60. The largest absolute Gasteiger partial charge is 0.493 e. The van der Waals surface area contributed by atoms with Crippen molar-refractivity contribution in [3.63, 3.8) is 0 Å². The van der Waals surface area contributed by atoms with Crippen molar-refractivity contribution >= 4 is 22.4 Å². The van der Waals surface area contributed by atoms with E-state index >= 15 is 0 Å². The molecular weight excluding hydrogens is 488 g/mol. The van der Waals surface area contributed by atoms with E-state index < -0.39 is 0 Å². The number of morpholine rings is 1. The van der Waals surface area contributed by atoms with Gasteiger partial charge in [-0.1, -0.05) is 6.07 Å². The highest BCUT2D eigenvalue weighted by atomic mass is 16.7. The Bertz CT molecular complexity index is 1440. The molecule has 2 aromatic heterocycles. The van der Waals surface area contributed by atoms with Crippen molar-refractivity contribution in [2.75, 3.05) is 52.1 Å². The highest BCUT2D eigenvalue weighted by molar-refractivity contribution is 5.93. The Hall–Kier alpha value is -4.09. The SMILES string of the molecule is COc1cc2c(Nc3cccc4c3OCO4)ncnc2cc1OCCn1c(C)cnc1CN1CCOCC1. The van der Waals surface area contributed by atoms with E-state index in [4.69, 9.17) is 23.7 Å². The van der Waals surface area contributed by atoms with Gasteiger partial charge in [-0.25, -0.2) is 15.0 Å². The zero-order chi connectivity index (χ0) is 25.9. The summed E-state index contributed by atoms with van der Waals surface area (Å²) in [5.74, 6) is 4.24. The van der Waals surface area contributed by atoms with Crippen LogP contribution in [0.2, 0.25) is 0 Å². The fourth-order valence-electron chi connectivity index (χ4n) is 4.74. The molecule has 4 heterocycles. The number of aryl methyl sites for hydroxylation is 1. The quantitative estimate of drug-likeness (QED) is 0.354. The molecule has 2 aliphatic rings. The number of ether oxygens (including phenoxy) is 5. The number of anilines is 2. The molecule has 4 aromatic rings. The first-order valence-corrected chi connectivity index (χ1v) is 12.6. The van der Waals surface area contributed by atoms with E-state index in [1.165, 1.54) is 6.33 Å². The monoisotopic (exact) mass is 518 g/mol. The number of nitrogens with zero attached hydrogens (tertiary/aromatic N) is 5. The molecule has 0 spiro atoms. The van der Waals surface area contributed by atoms with Gasteiger partial charge in [0.2, 0.25) is 6.79 Å². The Balaban J connectivity index is 1.19. The molecule has 11 nitrogen and oxygen atoms in total. The number of hydrogen-bond acceptors (Lipinski definition) is 10. The average molecular weight is 519 g/mol. The minimum atomic E-state index is 0.195. The maximum atomic E-state index is 6.20. The minimum Gasteiger partial charge on any atom is -0.493 e. The van der Waals surface area contributed by atoms with Gasteiger partial charge in [0.25, 0.3) is 0 Å². The van der Waals surface area contributed by atoms with Crippen LogP contribution in [-0.2, 0) is 17.8 Å². The van der Waals surface area contributed by atoms with Crippen molar-refractivity contribution in [2.24, 2.45) is 0 Å². The molecule has 0 amide bonds. The summed E-state index contributed by atoms with van der Waals surface area (Å²) in [7, 11) is 1.63. The number of nitrogens with one attached hydrogen (secondary N) is 1. The van der Waals surface area contributed by atoms with Crippen molar-refractivity contribution in [3.8, 4) is 23.0 Å². The number of imidazole rings is 1. The second kappa shape index (κ2) is 10.7. The van der Waals surface area contributed by atoms with E-state index in [2.05, 4.69) is 36.7 Å². The summed E-state index contributed by atoms with van der Waals surface area (Å²) in [4.78, 5) is 15.9. The number of aromatic nitrogens is 4. The lowest BCUT2D eigenvalue weighted by atomic mass is 10.2. The fourth-order valence-corrected chi connectivity index (χ4v) is 4.74. The fraction of sp³-hybridized carbons (Fsp3) is 0.370. The second-order valence-electron chi connectivity index (χ2n) is 9.11. The van der Waals surface area contributed by atoms with Crippen LogP contribution in [-0.4, -0.2) is 71.2 Å². The lowest BCUT2D eigenvalue weighted by Crippen LogP contribution is -2.36. The van der Waals surface area contributed by atoms with Crippen molar-refractivity contribution in [1.29, 1.82) is 0 Å². The first kappa shape index (κ1) is 24.3. The lowest BCUT2D eigenvalue weighted by Gasteiger charge is -2.26. The molecule has 38 heavy (non-hydrogen) atoms. The summed E-state index contributed by atoms with van der Waals surface area (Å²) in [5, 5.41) is 4.15. The second-order valence-corrected chi connectivity index (χ2v) is 9.11. The molecule has 6 rings (SSSR count). The van der Waals surface area contributed by atoms with Crippen molar-refractivity contribution in [3.05, 3.63) is 54.4 Å². The van der Waals surface area contributed by atoms with Gasteiger partial charge in [0, 0.05) is 36.4 Å². The van der Waals surface area contributed by atoms with Crippen molar-refractivity contribution < 1.29 is 23.7 Å². The summed E-state index contributed by atoms with van der Waals surface area (Å²) in [6.07, 6.45) is 3.44. The van der Waals surface area contributed by atoms with E-state index in [-0.39, 0.29) is 6.79 Å². The van der Waals surface area contributed by atoms with Crippen LogP contribution < -0.4 is 24.3 Å².